The normalized spacial score (nSPS) is 25.9. The summed E-state index contributed by atoms with van der Waals surface area (Å²) >= 11 is 0. The van der Waals surface area contributed by atoms with Crippen molar-refractivity contribution in [1.29, 1.82) is 0 Å². The predicted molar refractivity (Wildman–Crippen MR) is 96.9 cm³/mol. The van der Waals surface area contributed by atoms with Crippen molar-refractivity contribution in [2.45, 2.75) is 31.3 Å². The summed E-state index contributed by atoms with van der Waals surface area (Å²) < 4.78 is 5.93. The number of hydrogen-bond donors (Lipinski definition) is 1. The molecule has 25 heavy (non-hydrogen) atoms. The Morgan fingerprint density at radius 2 is 2.12 bits per heavy atom. The van der Waals surface area contributed by atoms with Crippen LogP contribution in [0.5, 0.6) is 0 Å². The molecule has 1 atom stereocenters. The molecule has 2 fully saturated rings. The van der Waals surface area contributed by atoms with Crippen LogP contribution >= 0.6 is 0 Å². The number of rotatable bonds is 4. The van der Waals surface area contributed by atoms with Crippen LogP contribution < -0.4 is 5.32 Å². The highest BCUT2D eigenvalue weighted by Gasteiger charge is 2.45. The lowest BCUT2D eigenvalue weighted by Crippen LogP contribution is -2.40. The summed E-state index contributed by atoms with van der Waals surface area (Å²) in [4.78, 5) is 12.1. The zero-order valence-electron chi connectivity index (χ0n) is 14.4. The average molecular weight is 336 g/mol. The Hall–Kier alpha value is -1.98. The summed E-state index contributed by atoms with van der Waals surface area (Å²) in [5, 5.41) is 3.34. The number of para-hydroxylation sites is 1. The van der Waals surface area contributed by atoms with Crippen molar-refractivity contribution in [3.63, 3.8) is 0 Å². The van der Waals surface area contributed by atoms with Gasteiger partial charge in [0, 0.05) is 30.5 Å². The van der Waals surface area contributed by atoms with Crippen LogP contribution in [0.15, 0.2) is 36.5 Å². The number of hydrogen-bond acceptors (Lipinski definition) is 5. The number of nitrogens with one attached hydrogen (secondary N) is 1. The average Bonchev–Trinajstić information content (AvgIpc) is 3.37. The SMILES string of the molecule is c1ccc(Nc2ncc3c(n2)[C@@]2(CCN(CC4CC4)C2)COC3)cc1. The van der Waals surface area contributed by atoms with Gasteiger partial charge in [-0.3, -0.25) is 0 Å². The summed E-state index contributed by atoms with van der Waals surface area (Å²) in [6.07, 6.45) is 5.89. The van der Waals surface area contributed by atoms with E-state index in [9.17, 15) is 0 Å². The molecule has 5 rings (SSSR count). The van der Waals surface area contributed by atoms with Gasteiger partial charge in [-0.2, -0.15) is 0 Å². The lowest BCUT2D eigenvalue weighted by molar-refractivity contribution is 0.0505. The molecule has 3 heterocycles. The highest BCUT2D eigenvalue weighted by molar-refractivity contribution is 5.53. The van der Waals surface area contributed by atoms with Crippen LogP contribution in [0.2, 0.25) is 0 Å². The Morgan fingerprint density at radius 3 is 2.96 bits per heavy atom. The van der Waals surface area contributed by atoms with Crippen LogP contribution in [-0.2, 0) is 16.8 Å². The molecule has 1 aliphatic carbocycles. The van der Waals surface area contributed by atoms with Crippen molar-refractivity contribution in [3.05, 3.63) is 47.8 Å². The van der Waals surface area contributed by atoms with Crippen LogP contribution in [-0.4, -0.2) is 41.1 Å². The van der Waals surface area contributed by atoms with Crippen LogP contribution in [0.4, 0.5) is 11.6 Å². The molecule has 5 nitrogen and oxygen atoms in total. The minimum atomic E-state index is 0.0402. The van der Waals surface area contributed by atoms with Crippen LogP contribution in [0.25, 0.3) is 0 Å². The summed E-state index contributed by atoms with van der Waals surface area (Å²) in [5.74, 6) is 1.62. The lowest BCUT2D eigenvalue weighted by Gasteiger charge is -2.34. The molecule has 130 valence electrons. The fraction of sp³-hybridized carbons (Fsp3) is 0.500. The first kappa shape index (κ1) is 15.3. The van der Waals surface area contributed by atoms with E-state index in [4.69, 9.17) is 9.72 Å². The van der Waals surface area contributed by atoms with Crippen molar-refractivity contribution in [2.24, 2.45) is 5.92 Å². The van der Waals surface area contributed by atoms with E-state index in [0.717, 1.165) is 43.3 Å². The molecule has 1 saturated heterocycles. The van der Waals surface area contributed by atoms with E-state index in [1.54, 1.807) is 0 Å². The van der Waals surface area contributed by atoms with Crippen LogP contribution in [0, 0.1) is 5.92 Å². The Bertz CT molecular complexity index is 762. The zero-order valence-corrected chi connectivity index (χ0v) is 14.4. The Labute approximate surface area is 148 Å². The minimum Gasteiger partial charge on any atom is -0.376 e. The number of benzene rings is 1. The molecule has 1 aromatic carbocycles. The van der Waals surface area contributed by atoms with Gasteiger partial charge < -0.3 is 15.0 Å². The number of likely N-dealkylation sites (tertiary alicyclic amines) is 1. The largest absolute Gasteiger partial charge is 0.376 e. The van der Waals surface area contributed by atoms with E-state index < -0.39 is 0 Å². The second-order valence-corrected chi connectivity index (χ2v) is 7.76. The first-order valence-electron chi connectivity index (χ1n) is 9.29. The molecule has 3 aliphatic rings. The number of fused-ring (bicyclic) bond motifs is 2. The highest BCUT2D eigenvalue weighted by atomic mass is 16.5. The van der Waals surface area contributed by atoms with Crippen molar-refractivity contribution >= 4 is 11.6 Å². The number of ether oxygens (including phenoxy) is 1. The summed E-state index contributed by atoms with van der Waals surface area (Å²) in [5.41, 5.74) is 3.41. The van der Waals surface area contributed by atoms with E-state index in [0.29, 0.717) is 12.6 Å². The Balaban J connectivity index is 1.42. The first-order chi connectivity index (χ1) is 12.3. The first-order valence-corrected chi connectivity index (χ1v) is 9.29. The lowest BCUT2D eigenvalue weighted by atomic mass is 9.80. The smallest absolute Gasteiger partial charge is 0.227 e. The fourth-order valence-electron chi connectivity index (χ4n) is 4.20. The second kappa shape index (κ2) is 6.07. The maximum absolute atomic E-state index is 5.93. The van der Waals surface area contributed by atoms with Crippen LogP contribution in [0.1, 0.15) is 30.5 Å². The fourth-order valence-corrected chi connectivity index (χ4v) is 4.20. The quantitative estimate of drug-likeness (QED) is 0.930. The molecule has 1 aromatic heterocycles. The molecule has 1 spiro atoms. The van der Waals surface area contributed by atoms with Crippen LogP contribution in [0.3, 0.4) is 0 Å². The standard InChI is InChI=1S/C20H24N4O/c1-2-4-17(5-3-1)22-19-21-10-16-12-25-14-20(18(16)23-19)8-9-24(13-20)11-15-6-7-15/h1-5,10,15H,6-9,11-14H2,(H,21,22,23)/t20-/m1/s1. The van der Waals surface area contributed by atoms with Gasteiger partial charge in [0.1, 0.15) is 0 Å². The van der Waals surface area contributed by atoms with E-state index in [1.807, 2.05) is 36.5 Å². The van der Waals surface area contributed by atoms with Gasteiger partial charge in [-0.25, -0.2) is 9.97 Å². The molecule has 0 bridgehead atoms. The number of anilines is 2. The summed E-state index contributed by atoms with van der Waals surface area (Å²) in [7, 11) is 0. The molecule has 1 N–H and O–H groups in total. The van der Waals surface area contributed by atoms with Crippen molar-refractivity contribution in [1.82, 2.24) is 14.9 Å². The third kappa shape index (κ3) is 3.02. The molecule has 1 saturated carbocycles. The molecule has 0 amide bonds. The van der Waals surface area contributed by atoms with Gasteiger partial charge in [-0.05, 0) is 43.9 Å². The van der Waals surface area contributed by atoms with E-state index in [-0.39, 0.29) is 5.41 Å². The van der Waals surface area contributed by atoms with E-state index in [2.05, 4.69) is 15.2 Å². The monoisotopic (exact) mass is 336 g/mol. The molecule has 5 heteroatoms. The van der Waals surface area contributed by atoms with Gasteiger partial charge >= 0.3 is 0 Å². The van der Waals surface area contributed by atoms with Gasteiger partial charge in [0.25, 0.3) is 0 Å². The molecular weight excluding hydrogens is 312 g/mol. The molecule has 0 unspecified atom stereocenters. The van der Waals surface area contributed by atoms with E-state index >= 15 is 0 Å². The third-order valence-electron chi connectivity index (χ3n) is 5.68. The minimum absolute atomic E-state index is 0.0402. The Morgan fingerprint density at radius 1 is 1.24 bits per heavy atom. The van der Waals surface area contributed by atoms with Gasteiger partial charge in [-0.15, -0.1) is 0 Å². The third-order valence-corrected chi connectivity index (χ3v) is 5.68. The van der Waals surface area contributed by atoms with Gasteiger partial charge in [-0.1, -0.05) is 18.2 Å². The number of aromatic nitrogens is 2. The van der Waals surface area contributed by atoms with Crippen molar-refractivity contribution in [3.8, 4) is 0 Å². The number of nitrogens with zero attached hydrogens (tertiary/aromatic N) is 3. The van der Waals surface area contributed by atoms with Gasteiger partial charge in [0.05, 0.1) is 24.3 Å². The highest BCUT2D eigenvalue weighted by Crippen LogP contribution is 2.41. The summed E-state index contributed by atoms with van der Waals surface area (Å²) in [6, 6.07) is 10.1. The molecular formula is C20H24N4O. The van der Waals surface area contributed by atoms with Gasteiger partial charge in [0.2, 0.25) is 5.95 Å². The van der Waals surface area contributed by atoms with Gasteiger partial charge in [0.15, 0.2) is 0 Å². The van der Waals surface area contributed by atoms with E-state index in [1.165, 1.54) is 25.1 Å². The Kier molecular flexibility index (Phi) is 3.71. The second-order valence-electron chi connectivity index (χ2n) is 7.76. The maximum atomic E-state index is 5.93. The summed E-state index contributed by atoms with van der Waals surface area (Å²) in [6.45, 7) is 4.88. The van der Waals surface area contributed by atoms with Crippen molar-refractivity contribution < 1.29 is 4.74 Å². The maximum Gasteiger partial charge on any atom is 0.227 e. The molecule has 0 radical (unpaired) electrons. The van der Waals surface area contributed by atoms with Crippen molar-refractivity contribution in [2.75, 3.05) is 31.6 Å². The topological polar surface area (TPSA) is 50.3 Å². The predicted octanol–water partition coefficient (Wildman–Crippen LogP) is 3.10. The zero-order chi connectivity index (χ0) is 16.7. The molecule has 2 aliphatic heterocycles. The molecule has 2 aromatic rings.